The van der Waals surface area contributed by atoms with Crippen molar-refractivity contribution in [3.63, 3.8) is 0 Å². The van der Waals surface area contributed by atoms with E-state index in [0.29, 0.717) is 16.1 Å². The van der Waals surface area contributed by atoms with Crippen LogP contribution in [0.2, 0.25) is 10.0 Å². The lowest BCUT2D eigenvalue weighted by Gasteiger charge is -2.08. The van der Waals surface area contributed by atoms with E-state index >= 15 is 0 Å². The molecular formula is C16H12BrCl2NO3S. The fourth-order valence-corrected chi connectivity index (χ4v) is 4.20. The maximum Gasteiger partial charge on any atom is 0.260 e. The van der Waals surface area contributed by atoms with E-state index in [-0.39, 0.29) is 5.02 Å². The topological polar surface area (TPSA) is 77.2 Å². The summed E-state index contributed by atoms with van der Waals surface area (Å²) in [5, 5.41) is 0.597. The van der Waals surface area contributed by atoms with E-state index in [1.807, 2.05) is 0 Å². The summed E-state index contributed by atoms with van der Waals surface area (Å²) in [6, 6.07) is 11.3. The summed E-state index contributed by atoms with van der Waals surface area (Å²) in [6.07, 6.45) is 1.24. The van der Waals surface area contributed by atoms with Gasteiger partial charge in [0.15, 0.2) is 9.84 Å². The lowest BCUT2D eigenvalue weighted by molar-refractivity contribution is -0.113. The van der Waals surface area contributed by atoms with Gasteiger partial charge in [-0.05, 0) is 41.5 Å². The minimum absolute atomic E-state index is 0.207. The number of primary amides is 1. The van der Waals surface area contributed by atoms with Gasteiger partial charge in [0.05, 0.1) is 5.75 Å². The van der Waals surface area contributed by atoms with Crippen LogP contribution in [0.5, 0.6) is 0 Å². The summed E-state index contributed by atoms with van der Waals surface area (Å²) < 4.78 is 26.0. The average molecular weight is 449 g/mol. The van der Waals surface area contributed by atoms with E-state index in [0.717, 1.165) is 4.47 Å². The van der Waals surface area contributed by atoms with Crippen LogP contribution in [0.1, 0.15) is 11.1 Å². The number of hydrogen-bond acceptors (Lipinski definition) is 3. The molecular weight excluding hydrogens is 437 g/mol. The Balaban J connectivity index is 2.42. The Morgan fingerprint density at radius 3 is 2.29 bits per heavy atom. The molecule has 0 aliphatic heterocycles. The van der Waals surface area contributed by atoms with Crippen LogP contribution in [0.4, 0.5) is 0 Å². The molecule has 0 aromatic heterocycles. The molecule has 0 unspecified atom stereocenters. The summed E-state index contributed by atoms with van der Waals surface area (Å²) in [5.74, 6) is -1.48. The van der Waals surface area contributed by atoms with Gasteiger partial charge >= 0.3 is 0 Å². The van der Waals surface area contributed by atoms with Crippen molar-refractivity contribution in [1.29, 1.82) is 0 Å². The highest BCUT2D eigenvalue weighted by atomic mass is 79.9. The third kappa shape index (κ3) is 4.83. The number of hydrogen-bond donors (Lipinski definition) is 1. The van der Waals surface area contributed by atoms with Crippen molar-refractivity contribution in [2.45, 2.75) is 5.75 Å². The molecule has 4 nitrogen and oxygen atoms in total. The first kappa shape index (κ1) is 19.0. The summed E-state index contributed by atoms with van der Waals surface area (Å²) in [5.41, 5.74) is 6.14. The number of amides is 1. The lowest BCUT2D eigenvalue weighted by atomic mass is 10.2. The normalized spacial score (nSPS) is 12.2. The average Bonchev–Trinajstić information content (AvgIpc) is 2.49. The first-order valence-electron chi connectivity index (χ1n) is 6.63. The van der Waals surface area contributed by atoms with Crippen molar-refractivity contribution < 1.29 is 13.2 Å². The second-order valence-corrected chi connectivity index (χ2v) is 8.64. The van der Waals surface area contributed by atoms with E-state index < -0.39 is 26.4 Å². The Labute approximate surface area is 158 Å². The van der Waals surface area contributed by atoms with Crippen molar-refractivity contribution in [3.8, 4) is 0 Å². The minimum Gasteiger partial charge on any atom is -0.365 e. The Morgan fingerprint density at radius 2 is 1.75 bits per heavy atom. The molecule has 0 aliphatic rings. The van der Waals surface area contributed by atoms with Gasteiger partial charge in [-0.25, -0.2) is 8.42 Å². The molecule has 0 radical (unpaired) electrons. The number of sulfone groups is 1. The third-order valence-corrected chi connectivity index (χ3v) is 5.90. The Bertz CT molecular complexity index is 909. The monoisotopic (exact) mass is 447 g/mol. The first-order valence-corrected chi connectivity index (χ1v) is 9.83. The summed E-state index contributed by atoms with van der Waals surface area (Å²) in [6.45, 7) is 0. The molecule has 0 saturated carbocycles. The predicted molar refractivity (Wildman–Crippen MR) is 100 cm³/mol. The number of carbonyl (C=O) groups is 1. The number of nitrogens with two attached hydrogens (primary N) is 1. The largest absolute Gasteiger partial charge is 0.365 e. The molecule has 0 atom stereocenters. The molecule has 2 rings (SSSR count). The van der Waals surface area contributed by atoms with Gasteiger partial charge in [-0.3, -0.25) is 4.79 Å². The van der Waals surface area contributed by atoms with E-state index in [9.17, 15) is 13.2 Å². The zero-order valence-electron chi connectivity index (χ0n) is 12.2. The van der Waals surface area contributed by atoms with E-state index in [4.69, 9.17) is 28.9 Å². The van der Waals surface area contributed by atoms with Gasteiger partial charge in [-0.15, -0.1) is 0 Å². The maximum absolute atomic E-state index is 12.6. The van der Waals surface area contributed by atoms with Crippen LogP contribution in [-0.2, 0) is 20.4 Å². The van der Waals surface area contributed by atoms with Gasteiger partial charge in [0, 0.05) is 14.5 Å². The van der Waals surface area contributed by atoms with E-state index in [2.05, 4.69) is 15.9 Å². The van der Waals surface area contributed by atoms with E-state index in [1.165, 1.54) is 24.3 Å². The number of halogens is 3. The molecule has 0 bridgehead atoms. The molecule has 0 heterocycles. The Morgan fingerprint density at radius 1 is 1.12 bits per heavy atom. The molecule has 0 fully saturated rings. The maximum atomic E-state index is 12.6. The van der Waals surface area contributed by atoms with Crippen LogP contribution in [0.25, 0.3) is 6.08 Å². The SMILES string of the molecule is NC(=O)C(=Cc1ccc(Br)cc1)S(=O)(=O)Cc1ccc(Cl)cc1Cl. The van der Waals surface area contributed by atoms with Crippen LogP contribution < -0.4 is 5.73 Å². The van der Waals surface area contributed by atoms with Crippen LogP contribution in [0, 0.1) is 0 Å². The van der Waals surface area contributed by atoms with Gasteiger partial charge in [0.1, 0.15) is 4.91 Å². The quantitative estimate of drug-likeness (QED) is 0.696. The predicted octanol–water partition coefficient (Wildman–Crippen LogP) is 4.20. The molecule has 126 valence electrons. The summed E-state index contributed by atoms with van der Waals surface area (Å²) in [7, 11) is -3.97. The number of rotatable bonds is 5. The van der Waals surface area contributed by atoms with Crippen LogP contribution >= 0.6 is 39.1 Å². The highest BCUT2D eigenvalue weighted by Crippen LogP contribution is 2.25. The lowest BCUT2D eigenvalue weighted by Crippen LogP contribution is -2.22. The van der Waals surface area contributed by atoms with Gasteiger partial charge in [0.25, 0.3) is 5.91 Å². The Hall–Kier alpha value is -1.34. The van der Waals surface area contributed by atoms with Gasteiger partial charge < -0.3 is 5.73 Å². The molecule has 0 spiro atoms. The van der Waals surface area contributed by atoms with Crippen molar-refractivity contribution in [1.82, 2.24) is 0 Å². The molecule has 24 heavy (non-hydrogen) atoms. The van der Waals surface area contributed by atoms with Crippen LogP contribution in [0.3, 0.4) is 0 Å². The molecule has 0 aliphatic carbocycles. The van der Waals surface area contributed by atoms with Crippen molar-refractivity contribution >= 4 is 61.0 Å². The third-order valence-electron chi connectivity index (χ3n) is 3.11. The number of benzene rings is 2. The van der Waals surface area contributed by atoms with Crippen molar-refractivity contribution in [3.05, 3.63) is 73.0 Å². The standard InChI is InChI=1S/C16H12BrCl2NO3S/c17-12-4-1-10(2-5-12)7-15(16(20)21)24(22,23)9-11-3-6-13(18)8-14(11)19/h1-8H,9H2,(H2,20,21). The molecule has 0 saturated heterocycles. The van der Waals surface area contributed by atoms with Crippen LogP contribution in [-0.4, -0.2) is 14.3 Å². The summed E-state index contributed by atoms with van der Waals surface area (Å²) >= 11 is 15.1. The zero-order chi connectivity index (χ0) is 17.9. The highest BCUT2D eigenvalue weighted by molar-refractivity contribution is 9.10. The smallest absolute Gasteiger partial charge is 0.260 e. The molecule has 2 aromatic carbocycles. The van der Waals surface area contributed by atoms with Crippen molar-refractivity contribution in [2.75, 3.05) is 0 Å². The van der Waals surface area contributed by atoms with Gasteiger partial charge in [-0.1, -0.05) is 57.3 Å². The second kappa shape index (κ2) is 7.70. The fraction of sp³-hybridized carbons (Fsp3) is 0.0625. The van der Waals surface area contributed by atoms with Gasteiger partial charge in [-0.2, -0.15) is 0 Å². The van der Waals surface area contributed by atoms with Gasteiger partial charge in [0.2, 0.25) is 0 Å². The highest BCUT2D eigenvalue weighted by Gasteiger charge is 2.24. The Kier molecular flexibility index (Phi) is 6.09. The van der Waals surface area contributed by atoms with E-state index in [1.54, 1.807) is 24.3 Å². The zero-order valence-corrected chi connectivity index (χ0v) is 16.1. The number of carbonyl (C=O) groups excluding carboxylic acids is 1. The molecule has 2 N–H and O–H groups in total. The van der Waals surface area contributed by atoms with Crippen LogP contribution in [0.15, 0.2) is 51.8 Å². The second-order valence-electron chi connectivity index (χ2n) is 4.92. The minimum atomic E-state index is -3.97. The molecule has 1 amide bonds. The van der Waals surface area contributed by atoms with Crippen molar-refractivity contribution in [2.24, 2.45) is 5.73 Å². The summed E-state index contributed by atoms with van der Waals surface area (Å²) in [4.78, 5) is 11.2. The molecule has 8 heteroatoms. The first-order chi connectivity index (χ1) is 11.2. The molecule has 2 aromatic rings. The fourth-order valence-electron chi connectivity index (χ4n) is 1.95.